The molecule has 1 atom stereocenters. The molecule has 18 heavy (non-hydrogen) atoms. The molecule has 1 aliphatic rings. The second-order valence-electron chi connectivity index (χ2n) is 4.38. The van der Waals surface area contributed by atoms with Crippen molar-refractivity contribution in [2.45, 2.75) is 25.6 Å². The minimum atomic E-state index is -4.64. The zero-order chi connectivity index (χ0) is 13.3. The van der Waals surface area contributed by atoms with Crippen molar-refractivity contribution in [2.75, 3.05) is 13.1 Å². The quantitative estimate of drug-likeness (QED) is 0.764. The zero-order valence-corrected chi connectivity index (χ0v) is 11.9. The van der Waals surface area contributed by atoms with Crippen molar-refractivity contribution in [3.05, 3.63) is 26.8 Å². The van der Waals surface area contributed by atoms with Crippen LogP contribution in [0.5, 0.6) is 5.75 Å². The number of rotatable bonds is 1. The lowest BCUT2D eigenvalue weighted by Crippen LogP contribution is -2.18. The van der Waals surface area contributed by atoms with Crippen molar-refractivity contribution in [1.29, 1.82) is 0 Å². The molecule has 1 N–H and O–H groups in total. The van der Waals surface area contributed by atoms with Gasteiger partial charge in [-0.05, 0) is 64.7 Å². The van der Waals surface area contributed by atoms with Gasteiger partial charge in [0.15, 0.2) is 0 Å². The third-order valence-corrected chi connectivity index (χ3v) is 3.81. The molecule has 2 rings (SSSR count). The van der Waals surface area contributed by atoms with Gasteiger partial charge in [-0.15, -0.1) is 13.2 Å². The van der Waals surface area contributed by atoms with Gasteiger partial charge in [0.1, 0.15) is 5.75 Å². The molecule has 0 spiro atoms. The van der Waals surface area contributed by atoms with E-state index >= 15 is 0 Å². The van der Waals surface area contributed by atoms with Crippen LogP contribution in [-0.2, 0) is 6.42 Å². The van der Waals surface area contributed by atoms with Crippen molar-refractivity contribution < 1.29 is 17.9 Å². The molecule has 0 aliphatic carbocycles. The van der Waals surface area contributed by atoms with Crippen LogP contribution >= 0.6 is 22.6 Å². The lowest BCUT2D eigenvalue weighted by atomic mass is 9.95. The molecule has 0 bridgehead atoms. The lowest BCUT2D eigenvalue weighted by Gasteiger charge is -2.16. The van der Waals surface area contributed by atoms with E-state index in [1.807, 2.05) is 22.6 Å². The van der Waals surface area contributed by atoms with E-state index in [4.69, 9.17) is 0 Å². The summed E-state index contributed by atoms with van der Waals surface area (Å²) in [5.74, 6) is 0.201. The van der Waals surface area contributed by atoms with Crippen molar-refractivity contribution in [2.24, 2.45) is 0 Å². The largest absolute Gasteiger partial charge is 0.573 e. The second kappa shape index (κ2) is 5.24. The molecule has 0 amide bonds. The van der Waals surface area contributed by atoms with E-state index in [2.05, 4.69) is 17.0 Å². The maximum absolute atomic E-state index is 12.3. The van der Waals surface area contributed by atoms with Gasteiger partial charge in [0, 0.05) is 6.54 Å². The Bertz CT molecular complexity index is 448. The van der Waals surface area contributed by atoms with Crippen LogP contribution in [0.15, 0.2) is 12.1 Å². The standard InChI is InChI=1S/C12H13F3INO/c1-7-6-17-3-2-8-4-11(18-12(13,14)15)10(16)5-9(7)8/h4-5,7,17H,2-3,6H2,1H3. The molecule has 0 saturated carbocycles. The van der Waals surface area contributed by atoms with Gasteiger partial charge < -0.3 is 10.1 Å². The monoisotopic (exact) mass is 371 g/mol. The van der Waals surface area contributed by atoms with Gasteiger partial charge in [-0.1, -0.05) is 6.92 Å². The summed E-state index contributed by atoms with van der Waals surface area (Å²) in [4.78, 5) is 0. The van der Waals surface area contributed by atoms with E-state index in [0.29, 0.717) is 9.49 Å². The average Bonchev–Trinajstić information content (AvgIpc) is 2.41. The van der Waals surface area contributed by atoms with Gasteiger partial charge >= 0.3 is 6.36 Å². The van der Waals surface area contributed by atoms with Crippen LogP contribution < -0.4 is 10.1 Å². The lowest BCUT2D eigenvalue weighted by molar-refractivity contribution is -0.275. The van der Waals surface area contributed by atoms with Gasteiger partial charge in [-0.2, -0.15) is 0 Å². The van der Waals surface area contributed by atoms with Crippen LogP contribution in [0.3, 0.4) is 0 Å². The van der Waals surface area contributed by atoms with E-state index in [1.54, 1.807) is 6.07 Å². The molecule has 2 nitrogen and oxygen atoms in total. The second-order valence-corrected chi connectivity index (χ2v) is 5.55. The minimum Gasteiger partial charge on any atom is -0.405 e. The average molecular weight is 371 g/mol. The normalized spacial score (nSPS) is 20.2. The highest BCUT2D eigenvalue weighted by molar-refractivity contribution is 14.1. The SMILES string of the molecule is CC1CNCCc2cc(OC(F)(F)F)c(I)cc21. The van der Waals surface area contributed by atoms with Crippen molar-refractivity contribution in [3.8, 4) is 5.75 Å². The number of benzene rings is 1. The summed E-state index contributed by atoms with van der Waals surface area (Å²) in [7, 11) is 0. The maximum atomic E-state index is 12.3. The number of ether oxygens (including phenoxy) is 1. The summed E-state index contributed by atoms with van der Waals surface area (Å²) in [5, 5.41) is 3.27. The highest BCUT2D eigenvalue weighted by Gasteiger charge is 2.32. The smallest absolute Gasteiger partial charge is 0.405 e. The van der Waals surface area contributed by atoms with E-state index < -0.39 is 6.36 Å². The molecular weight excluding hydrogens is 358 g/mol. The van der Waals surface area contributed by atoms with E-state index in [9.17, 15) is 13.2 Å². The third-order valence-electron chi connectivity index (χ3n) is 2.97. The van der Waals surface area contributed by atoms with Crippen LogP contribution in [0.2, 0.25) is 0 Å². The number of hydrogen-bond acceptors (Lipinski definition) is 2. The number of nitrogens with one attached hydrogen (secondary N) is 1. The van der Waals surface area contributed by atoms with Gasteiger partial charge in [0.2, 0.25) is 0 Å². The van der Waals surface area contributed by atoms with Gasteiger partial charge in [0.25, 0.3) is 0 Å². The zero-order valence-electron chi connectivity index (χ0n) is 9.77. The molecule has 0 aromatic heterocycles. The van der Waals surface area contributed by atoms with Crippen molar-refractivity contribution in [1.82, 2.24) is 5.32 Å². The van der Waals surface area contributed by atoms with Crippen molar-refractivity contribution >= 4 is 22.6 Å². The molecule has 100 valence electrons. The Kier molecular flexibility index (Phi) is 4.05. The van der Waals surface area contributed by atoms with Gasteiger partial charge in [-0.25, -0.2) is 0 Å². The van der Waals surface area contributed by atoms with Crippen LogP contribution in [0, 0.1) is 3.57 Å². The summed E-state index contributed by atoms with van der Waals surface area (Å²) in [5.41, 5.74) is 2.05. The molecule has 1 aromatic carbocycles. The summed E-state index contributed by atoms with van der Waals surface area (Å²) in [6, 6.07) is 3.32. The molecule has 0 fully saturated rings. The third kappa shape index (κ3) is 3.28. The molecule has 0 saturated heterocycles. The van der Waals surface area contributed by atoms with Gasteiger partial charge in [-0.3, -0.25) is 0 Å². The first kappa shape index (κ1) is 13.9. The topological polar surface area (TPSA) is 21.3 Å². The molecule has 1 unspecified atom stereocenters. The molecular formula is C12H13F3INO. The molecule has 6 heteroatoms. The van der Waals surface area contributed by atoms with E-state index in [1.165, 1.54) is 6.07 Å². The maximum Gasteiger partial charge on any atom is 0.573 e. The van der Waals surface area contributed by atoms with Crippen LogP contribution in [0.1, 0.15) is 24.0 Å². The molecule has 1 aromatic rings. The Morgan fingerprint density at radius 2 is 2.11 bits per heavy atom. The van der Waals surface area contributed by atoms with Crippen LogP contribution in [-0.4, -0.2) is 19.5 Å². The highest BCUT2D eigenvalue weighted by atomic mass is 127. The summed E-state index contributed by atoms with van der Waals surface area (Å²) < 4.78 is 41.4. The summed E-state index contributed by atoms with van der Waals surface area (Å²) in [6.45, 7) is 3.70. The minimum absolute atomic E-state index is 0.101. The number of halogens is 4. The fourth-order valence-electron chi connectivity index (χ4n) is 2.14. The van der Waals surface area contributed by atoms with E-state index in [0.717, 1.165) is 30.6 Å². The Hall–Kier alpha value is -0.500. The first-order valence-electron chi connectivity index (χ1n) is 5.65. The Morgan fingerprint density at radius 1 is 1.39 bits per heavy atom. The first-order chi connectivity index (χ1) is 8.37. The van der Waals surface area contributed by atoms with Gasteiger partial charge in [0.05, 0.1) is 3.57 Å². The fourth-order valence-corrected chi connectivity index (χ4v) is 2.74. The number of hydrogen-bond donors (Lipinski definition) is 1. The van der Waals surface area contributed by atoms with Crippen molar-refractivity contribution in [3.63, 3.8) is 0 Å². The molecule has 1 aliphatic heterocycles. The predicted molar refractivity (Wildman–Crippen MR) is 70.8 cm³/mol. The predicted octanol–water partition coefficient (Wildman–Crippen LogP) is 3.44. The summed E-state index contributed by atoms with van der Waals surface area (Å²) >= 11 is 1.88. The number of alkyl halides is 3. The Balaban J connectivity index is 2.38. The Morgan fingerprint density at radius 3 is 2.78 bits per heavy atom. The highest BCUT2D eigenvalue weighted by Crippen LogP contribution is 2.33. The fraction of sp³-hybridized carbons (Fsp3) is 0.500. The number of fused-ring (bicyclic) bond motifs is 1. The van der Waals surface area contributed by atoms with Crippen LogP contribution in [0.25, 0.3) is 0 Å². The first-order valence-corrected chi connectivity index (χ1v) is 6.73. The Labute approximate surface area is 117 Å². The molecule has 1 heterocycles. The van der Waals surface area contributed by atoms with E-state index in [-0.39, 0.29) is 5.75 Å². The summed E-state index contributed by atoms with van der Waals surface area (Å²) in [6.07, 6.45) is -3.91. The van der Waals surface area contributed by atoms with Crippen LogP contribution in [0.4, 0.5) is 13.2 Å². The molecule has 0 radical (unpaired) electrons.